The van der Waals surface area contributed by atoms with Gasteiger partial charge in [-0.15, -0.1) is 0 Å². The Kier molecular flexibility index (Phi) is 3.75. The van der Waals surface area contributed by atoms with Gasteiger partial charge in [0.25, 0.3) is 10.0 Å². The number of halogens is 1. The van der Waals surface area contributed by atoms with E-state index in [1.165, 1.54) is 37.4 Å². The number of hydrogen-bond donors (Lipinski definition) is 2. The van der Waals surface area contributed by atoms with Crippen molar-refractivity contribution in [3.63, 3.8) is 0 Å². The molecule has 3 N–H and O–H groups in total. The van der Waals surface area contributed by atoms with E-state index in [4.69, 9.17) is 10.5 Å². The number of nitrogens with zero attached hydrogens (tertiary/aromatic N) is 1. The topological polar surface area (TPSA) is 94.3 Å². The summed E-state index contributed by atoms with van der Waals surface area (Å²) in [6.45, 7) is 0. The molecule has 1 aromatic carbocycles. The van der Waals surface area contributed by atoms with Crippen LogP contribution in [-0.4, -0.2) is 20.5 Å². The van der Waals surface area contributed by atoms with Crippen molar-refractivity contribution in [2.24, 2.45) is 0 Å². The number of aromatic nitrogens is 1. The van der Waals surface area contributed by atoms with Gasteiger partial charge < -0.3 is 10.5 Å². The van der Waals surface area contributed by atoms with Gasteiger partial charge in [-0.05, 0) is 24.3 Å². The van der Waals surface area contributed by atoms with E-state index in [1.807, 2.05) is 0 Å². The van der Waals surface area contributed by atoms with E-state index in [2.05, 4.69) is 9.71 Å². The second-order valence-electron chi connectivity index (χ2n) is 3.86. The molecule has 1 aromatic heterocycles. The van der Waals surface area contributed by atoms with Crippen LogP contribution in [-0.2, 0) is 10.0 Å². The monoisotopic (exact) mass is 297 g/mol. The SMILES string of the molecule is COc1cc(N)ccc1S(=O)(=O)Nc1cccc(F)n1. The van der Waals surface area contributed by atoms with Crippen molar-refractivity contribution in [1.29, 1.82) is 0 Å². The lowest BCUT2D eigenvalue weighted by Crippen LogP contribution is -2.15. The standard InChI is InChI=1S/C12H12FN3O3S/c1-19-9-7-8(14)5-6-10(9)20(17,18)16-12-4-2-3-11(13)15-12/h2-7H,14H2,1H3,(H,15,16). The van der Waals surface area contributed by atoms with E-state index in [0.29, 0.717) is 5.69 Å². The van der Waals surface area contributed by atoms with Crippen molar-refractivity contribution in [1.82, 2.24) is 4.98 Å². The summed E-state index contributed by atoms with van der Waals surface area (Å²) in [5.41, 5.74) is 5.93. The van der Waals surface area contributed by atoms with Gasteiger partial charge in [0.1, 0.15) is 16.5 Å². The third-order valence-corrected chi connectivity index (χ3v) is 3.83. The number of ether oxygens (including phenoxy) is 1. The Balaban J connectivity index is 2.40. The zero-order chi connectivity index (χ0) is 14.8. The Morgan fingerprint density at radius 3 is 2.70 bits per heavy atom. The number of nitrogens with one attached hydrogen (secondary N) is 1. The first-order valence-electron chi connectivity index (χ1n) is 5.51. The van der Waals surface area contributed by atoms with Gasteiger partial charge in [0.2, 0.25) is 5.95 Å². The Morgan fingerprint density at radius 1 is 1.30 bits per heavy atom. The predicted molar refractivity (Wildman–Crippen MR) is 72.4 cm³/mol. The molecule has 20 heavy (non-hydrogen) atoms. The average molecular weight is 297 g/mol. The average Bonchev–Trinajstić information content (AvgIpc) is 2.37. The van der Waals surface area contributed by atoms with Crippen LogP contribution >= 0.6 is 0 Å². The minimum atomic E-state index is -3.95. The van der Waals surface area contributed by atoms with E-state index in [0.717, 1.165) is 6.07 Å². The van der Waals surface area contributed by atoms with E-state index >= 15 is 0 Å². The van der Waals surface area contributed by atoms with Crippen LogP contribution in [0, 0.1) is 5.95 Å². The van der Waals surface area contributed by atoms with Crippen LogP contribution < -0.4 is 15.2 Å². The van der Waals surface area contributed by atoms with Crippen molar-refractivity contribution >= 4 is 21.5 Å². The largest absolute Gasteiger partial charge is 0.495 e. The molecule has 1 heterocycles. The van der Waals surface area contributed by atoms with Gasteiger partial charge in [-0.1, -0.05) is 6.07 Å². The number of sulfonamides is 1. The first-order chi connectivity index (χ1) is 9.42. The highest BCUT2D eigenvalue weighted by Gasteiger charge is 2.20. The molecule has 6 nitrogen and oxygen atoms in total. The number of pyridine rings is 1. The summed E-state index contributed by atoms with van der Waals surface area (Å²) < 4.78 is 44.5. The van der Waals surface area contributed by atoms with Crippen molar-refractivity contribution < 1.29 is 17.5 Å². The first-order valence-corrected chi connectivity index (χ1v) is 6.99. The maximum atomic E-state index is 13.0. The van der Waals surface area contributed by atoms with E-state index in [9.17, 15) is 12.8 Å². The first kappa shape index (κ1) is 14.1. The summed E-state index contributed by atoms with van der Waals surface area (Å²) in [6, 6.07) is 7.91. The van der Waals surface area contributed by atoms with Gasteiger partial charge in [-0.2, -0.15) is 4.39 Å². The summed E-state index contributed by atoms with van der Waals surface area (Å²) in [6.07, 6.45) is 0. The molecule has 0 unspecified atom stereocenters. The van der Waals surface area contributed by atoms with Crippen LogP contribution in [0.5, 0.6) is 5.75 Å². The molecule has 0 saturated heterocycles. The fraction of sp³-hybridized carbons (Fsp3) is 0.0833. The molecule has 0 atom stereocenters. The summed E-state index contributed by atoms with van der Waals surface area (Å²) >= 11 is 0. The molecular formula is C12H12FN3O3S. The summed E-state index contributed by atoms with van der Waals surface area (Å²) in [7, 11) is -2.62. The predicted octanol–water partition coefficient (Wildman–Crippen LogP) is 1.61. The molecular weight excluding hydrogens is 285 g/mol. The number of anilines is 2. The third kappa shape index (κ3) is 2.97. The molecule has 0 saturated carbocycles. The van der Waals surface area contributed by atoms with Gasteiger partial charge in [0.15, 0.2) is 0 Å². The highest BCUT2D eigenvalue weighted by Crippen LogP contribution is 2.27. The molecule has 8 heteroatoms. The zero-order valence-corrected chi connectivity index (χ0v) is 11.3. The highest BCUT2D eigenvalue weighted by molar-refractivity contribution is 7.92. The summed E-state index contributed by atoms with van der Waals surface area (Å²) in [5, 5.41) is 0. The van der Waals surface area contributed by atoms with Crippen LogP contribution in [0.15, 0.2) is 41.3 Å². The fourth-order valence-corrected chi connectivity index (χ4v) is 2.72. The molecule has 0 aliphatic rings. The number of rotatable bonds is 4. The lowest BCUT2D eigenvalue weighted by atomic mass is 10.3. The molecule has 0 radical (unpaired) electrons. The second kappa shape index (κ2) is 5.33. The van der Waals surface area contributed by atoms with Gasteiger partial charge in [-0.25, -0.2) is 13.4 Å². The van der Waals surface area contributed by atoms with E-state index in [1.54, 1.807) is 0 Å². The third-order valence-electron chi connectivity index (χ3n) is 2.43. The lowest BCUT2D eigenvalue weighted by Gasteiger charge is -2.11. The van der Waals surface area contributed by atoms with Crippen LogP contribution in [0.3, 0.4) is 0 Å². The molecule has 106 valence electrons. The minimum absolute atomic E-state index is 0.0916. The Labute approximate surface area is 115 Å². The fourth-order valence-electron chi connectivity index (χ4n) is 1.56. The highest BCUT2D eigenvalue weighted by atomic mass is 32.2. The van der Waals surface area contributed by atoms with E-state index in [-0.39, 0.29) is 16.5 Å². The molecule has 0 spiro atoms. The molecule has 2 aromatic rings. The maximum absolute atomic E-state index is 13.0. The van der Waals surface area contributed by atoms with Gasteiger partial charge >= 0.3 is 0 Å². The lowest BCUT2D eigenvalue weighted by molar-refractivity contribution is 0.403. The Hall–Kier alpha value is -2.35. The molecule has 0 amide bonds. The Morgan fingerprint density at radius 2 is 2.05 bits per heavy atom. The molecule has 2 rings (SSSR count). The number of hydrogen-bond acceptors (Lipinski definition) is 5. The quantitative estimate of drug-likeness (QED) is 0.660. The number of methoxy groups -OCH3 is 1. The van der Waals surface area contributed by atoms with Gasteiger partial charge in [0, 0.05) is 11.8 Å². The summed E-state index contributed by atoms with van der Waals surface area (Å²) in [5.74, 6) is -0.813. The van der Waals surface area contributed by atoms with Crippen LogP contribution in [0.25, 0.3) is 0 Å². The maximum Gasteiger partial charge on any atom is 0.266 e. The minimum Gasteiger partial charge on any atom is -0.495 e. The van der Waals surface area contributed by atoms with Crippen LogP contribution in [0.4, 0.5) is 15.9 Å². The number of benzene rings is 1. The van der Waals surface area contributed by atoms with Crippen molar-refractivity contribution in [3.05, 3.63) is 42.3 Å². The van der Waals surface area contributed by atoms with Crippen molar-refractivity contribution in [2.45, 2.75) is 4.90 Å². The molecule has 0 aliphatic heterocycles. The van der Waals surface area contributed by atoms with Gasteiger partial charge in [0.05, 0.1) is 7.11 Å². The molecule has 0 fully saturated rings. The zero-order valence-electron chi connectivity index (χ0n) is 10.5. The number of nitrogen functional groups attached to an aromatic ring is 1. The van der Waals surface area contributed by atoms with Crippen molar-refractivity contribution in [3.8, 4) is 5.75 Å². The van der Waals surface area contributed by atoms with Crippen LogP contribution in [0.2, 0.25) is 0 Å². The second-order valence-corrected chi connectivity index (χ2v) is 5.51. The normalized spacial score (nSPS) is 11.1. The van der Waals surface area contributed by atoms with E-state index < -0.39 is 16.0 Å². The van der Waals surface area contributed by atoms with Crippen LogP contribution in [0.1, 0.15) is 0 Å². The Bertz CT molecular complexity index is 734. The summed E-state index contributed by atoms with van der Waals surface area (Å²) in [4.78, 5) is 3.32. The molecule has 0 aliphatic carbocycles. The van der Waals surface area contributed by atoms with Crippen molar-refractivity contribution in [2.75, 3.05) is 17.6 Å². The van der Waals surface area contributed by atoms with Gasteiger partial charge in [-0.3, -0.25) is 4.72 Å². The number of nitrogens with two attached hydrogens (primary N) is 1. The molecule has 0 bridgehead atoms. The smallest absolute Gasteiger partial charge is 0.266 e.